The molecule has 0 spiro atoms. The number of nitrogens with one attached hydrogen (secondary N) is 1. The highest BCUT2D eigenvalue weighted by molar-refractivity contribution is 7.98. The van der Waals surface area contributed by atoms with E-state index in [4.69, 9.17) is 5.73 Å². The monoisotopic (exact) mass is 331 g/mol. The van der Waals surface area contributed by atoms with E-state index in [1.54, 1.807) is 23.9 Å². The molecule has 0 saturated carbocycles. The zero-order valence-corrected chi connectivity index (χ0v) is 14.0. The fourth-order valence-electron chi connectivity index (χ4n) is 1.53. The third kappa shape index (κ3) is 4.99. The Labute approximate surface area is 130 Å². The molecule has 0 unspecified atom stereocenters. The molecule has 0 fully saturated rings. The highest BCUT2D eigenvalue weighted by Gasteiger charge is 2.17. The number of carbonyl (C=O) groups is 1. The van der Waals surface area contributed by atoms with Crippen molar-refractivity contribution in [3.05, 3.63) is 24.3 Å². The SMILES string of the molecule is CSCC[C@@H](N)C(=O)Nc1ccc(S(=O)(=O)N(C)C)cc1. The number of nitrogens with zero attached hydrogens (tertiary/aromatic N) is 1. The van der Waals surface area contributed by atoms with Crippen molar-refractivity contribution in [2.45, 2.75) is 17.4 Å². The molecule has 0 saturated heterocycles. The number of hydrogen-bond donors (Lipinski definition) is 2. The van der Waals surface area contributed by atoms with Crippen LogP contribution in [0.5, 0.6) is 0 Å². The first-order chi connectivity index (χ1) is 9.78. The maximum Gasteiger partial charge on any atom is 0.242 e. The van der Waals surface area contributed by atoms with E-state index in [9.17, 15) is 13.2 Å². The zero-order valence-electron chi connectivity index (χ0n) is 12.4. The van der Waals surface area contributed by atoms with Crippen LogP contribution in [-0.4, -0.2) is 50.8 Å². The predicted molar refractivity (Wildman–Crippen MR) is 86.9 cm³/mol. The minimum Gasteiger partial charge on any atom is -0.325 e. The maximum atomic E-state index is 11.9. The van der Waals surface area contributed by atoms with Crippen molar-refractivity contribution in [3.8, 4) is 0 Å². The number of hydrogen-bond acceptors (Lipinski definition) is 5. The second-order valence-corrected chi connectivity index (χ2v) is 7.83. The largest absolute Gasteiger partial charge is 0.325 e. The van der Waals surface area contributed by atoms with Crippen LogP contribution in [-0.2, 0) is 14.8 Å². The Morgan fingerprint density at radius 2 is 1.90 bits per heavy atom. The lowest BCUT2D eigenvalue weighted by Crippen LogP contribution is -2.36. The lowest BCUT2D eigenvalue weighted by molar-refractivity contribution is -0.117. The van der Waals surface area contributed by atoms with E-state index in [1.807, 2.05) is 6.26 Å². The highest BCUT2D eigenvalue weighted by Crippen LogP contribution is 2.16. The zero-order chi connectivity index (χ0) is 16.0. The minimum atomic E-state index is -3.46. The maximum absolute atomic E-state index is 11.9. The number of sulfonamides is 1. The number of amides is 1. The van der Waals surface area contributed by atoms with Gasteiger partial charge in [0, 0.05) is 19.8 Å². The highest BCUT2D eigenvalue weighted by atomic mass is 32.2. The molecule has 21 heavy (non-hydrogen) atoms. The average Bonchev–Trinajstić information content (AvgIpc) is 2.45. The summed E-state index contributed by atoms with van der Waals surface area (Å²) < 4.78 is 25.0. The molecule has 1 amide bonds. The average molecular weight is 331 g/mol. The number of thioether (sulfide) groups is 1. The molecule has 1 aromatic rings. The molecule has 3 N–H and O–H groups in total. The summed E-state index contributed by atoms with van der Waals surface area (Å²) in [5.74, 6) is 0.543. The van der Waals surface area contributed by atoms with E-state index in [2.05, 4.69) is 5.32 Å². The Hall–Kier alpha value is -1.09. The summed E-state index contributed by atoms with van der Waals surface area (Å²) in [6.45, 7) is 0. The predicted octanol–water partition coefficient (Wildman–Crippen LogP) is 0.956. The lowest BCUT2D eigenvalue weighted by atomic mass is 10.2. The van der Waals surface area contributed by atoms with E-state index in [1.165, 1.54) is 26.2 Å². The summed E-state index contributed by atoms with van der Waals surface area (Å²) in [6, 6.07) is 5.45. The van der Waals surface area contributed by atoms with Crippen LogP contribution >= 0.6 is 11.8 Å². The number of nitrogens with two attached hydrogens (primary N) is 1. The first kappa shape index (κ1) is 18.0. The summed E-state index contributed by atoms with van der Waals surface area (Å²) in [4.78, 5) is 12.0. The molecule has 1 rings (SSSR count). The van der Waals surface area contributed by atoms with Gasteiger partial charge >= 0.3 is 0 Å². The first-order valence-electron chi connectivity index (χ1n) is 6.37. The smallest absolute Gasteiger partial charge is 0.242 e. The van der Waals surface area contributed by atoms with Crippen LogP contribution in [0.1, 0.15) is 6.42 Å². The van der Waals surface area contributed by atoms with Gasteiger partial charge in [-0.15, -0.1) is 0 Å². The topological polar surface area (TPSA) is 92.5 Å². The van der Waals surface area contributed by atoms with Crippen LogP contribution in [0.15, 0.2) is 29.2 Å². The Balaban J connectivity index is 2.74. The molecular weight excluding hydrogens is 310 g/mol. The summed E-state index contributed by atoms with van der Waals surface area (Å²) in [5, 5.41) is 2.68. The Bertz CT molecular complexity index is 571. The molecule has 118 valence electrons. The number of carbonyl (C=O) groups excluding carboxylic acids is 1. The van der Waals surface area contributed by atoms with Crippen molar-refractivity contribution in [2.75, 3.05) is 31.4 Å². The Kier molecular flexibility index (Phi) is 6.66. The van der Waals surface area contributed by atoms with Gasteiger partial charge in [0.1, 0.15) is 0 Å². The first-order valence-corrected chi connectivity index (χ1v) is 9.20. The summed E-state index contributed by atoms with van der Waals surface area (Å²) in [6.07, 6.45) is 2.55. The van der Waals surface area contributed by atoms with Gasteiger partial charge in [-0.1, -0.05) is 0 Å². The van der Waals surface area contributed by atoms with Crippen LogP contribution < -0.4 is 11.1 Å². The van der Waals surface area contributed by atoms with Gasteiger partial charge in [0.2, 0.25) is 15.9 Å². The van der Waals surface area contributed by atoms with Crippen molar-refractivity contribution in [1.29, 1.82) is 0 Å². The third-order valence-corrected chi connectivity index (χ3v) is 5.34. The molecule has 0 radical (unpaired) electrons. The van der Waals surface area contributed by atoms with Crippen LogP contribution in [0.25, 0.3) is 0 Å². The van der Waals surface area contributed by atoms with Gasteiger partial charge in [-0.05, 0) is 42.7 Å². The third-order valence-electron chi connectivity index (χ3n) is 2.87. The quantitative estimate of drug-likeness (QED) is 0.776. The van der Waals surface area contributed by atoms with Crippen LogP contribution in [0.4, 0.5) is 5.69 Å². The van der Waals surface area contributed by atoms with E-state index < -0.39 is 16.1 Å². The fourth-order valence-corrected chi connectivity index (χ4v) is 2.92. The van der Waals surface area contributed by atoms with Crippen molar-refractivity contribution >= 4 is 33.4 Å². The van der Waals surface area contributed by atoms with E-state index in [0.29, 0.717) is 12.1 Å². The number of benzene rings is 1. The molecular formula is C13H21N3O3S2. The van der Waals surface area contributed by atoms with Gasteiger partial charge < -0.3 is 11.1 Å². The second-order valence-electron chi connectivity index (χ2n) is 4.69. The minimum absolute atomic E-state index is 0.178. The number of anilines is 1. The number of rotatable bonds is 7. The van der Waals surface area contributed by atoms with Crippen LogP contribution in [0.3, 0.4) is 0 Å². The van der Waals surface area contributed by atoms with Gasteiger partial charge in [-0.25, -0.2) is 12.7 Å². The normalized spacial score (nSPS) is 13.2. The molecule has 0 aliphatic heterocycles. The standard InChI is InChI=1S/C13H21N3O3S2/c1-16(2)21(18,19)11-6-4-10(5-7-11)15-13(17)12(14)8-9-20-3/h4-7,12H,8-9,14H2,1-3H3,(H,15,17)/t12-/m1/s1. The van der Waals surface area contributed by atoms with E-state index >= 15 is 0 Å². The Morgan fingerprint density at radius 1 is 1.33 bits per heavy atom. The molecule has 1 atom stereocenters. The van der Waals surface area contributed by atoms with E-state index in [0.717, 1.165) is 10.1 Å². The fraction of sp³-hybridized carbons (Fsp3) is 0.462. The summed E-state index contributed by atoms with van der Waals surface area (Å²) in [7, 11) is -0.521. The summed E-state index contributed by atoms with van der Waals surface area (Å²) in [5.41, 5.74) is 6.29. The molecule has 1 aromatic carbocycles. The van der Waals surface area contributed by atoms with Crippen molar-refractivity contribution in [2.24, 2.45) is 5.73 Å². The molecule has 8 heteroatoms. The van der Waals surface area contributed by atoms with Gasteiger partial charge in [-0.2, -0.15) is 11.8 Å². The summed E-state index contributed by atoms with van der Waals surface area (Å²) >= 11 is 1.63. The second kappa shape index (κ2) is 7.79. The molecule has 0 heterocycles. The van der Waals surface area contributed by atoms with E-state index in [-0.39, 0.29) is 10.8 Å². The van der Waals surface area contributed by atoms with Gasteiger partial charge in [-0.3, -0.25) is 4.79 Å². The lowest BCUT2D eigenvalue weighted by Gasteiger charge is -2.13. The van der Waals surface area contributed by atoms with Crippen molar-refractivity contribution in [1.82, 2.24) is 4.31 Å². The molecule has 6 nitrogen and oxygen atoms in total. The van der Waals surface area contributed by atoms with Gasteiger partial charge in [0.05, 0.1) is 10.9 Å². The molecule has 0 bridgehead atoms. The van der Waals surface area contributed by atoms with Gasteiger partial charge in [0.15, 0.2) is 0 Å². The molecule has 0 aromatic heterocycles. The van der Waals surface area contributed by atoms with Crippen LogP contribution in [0.2, 0.25) is 0 Å². The van der Waals surface area contributed by atoms with Gasteiger partial charge in [0.25, 0.3) is 0 Å². The van der Waals surface area contributed by atoms with Crippen molar-refractivity contribution < 1.29 is 13.2 Å². The van der Waals surface area contributed by atoms with Crippen LogP contribution in [0, 0.1) is 0 Å². The van der Waals surface area contributed by atoms with Crippen molar-refractivity contribution in [3.63, 3.8) is 0 Å². The molecule has 0 aliphatic carbocycles. The molecule has 0 aliphatic rings. The Morgan fingerprint density at radius 3 is 2.38 bits per heavy atom.